The highest BCUT2D eigenvalue weighted by Gasteiger charge is 2.23. The first-order chi connectivity index (χ1) is 9.76. The average Bonchev–Trinajstić information content (AvgIpc) is 3.00. The first kappa shape index (κ1) is 14.3. The molecule has 2 rings (SSSR count). The molecule has 0 radical (unpaired) electrons. The number of aliphatic hydroxyl groups is 1. The molecule has 20 heavy (non-hydrogen) atoms. The molecule has 106 valence electrons. The molecule has 0 aliphatic heterocycles. The van der Waals surface area contributed by atoms with Crippen LogP contribution in [0.2, 0.25) is 0 Å². The molecule has 1 amide bonds. The van der Waals surface area contributed by atoms with Crippen molar-refractivity contribution in [3.05, 3.63) is 60.1 Å². The fourth-order valence-corrected chi connectivity index (χ4v) is 2.23. The monoisotopic (exact) mass is 273 g/mol. The van der Waals surface area contributed by atoms with Gasteiger partial charge in [0.25, 0.3) is 0 Å². The van der Waals surface area contributed by atoms with Gasteiger partial charge in [0, 0.05) is 0 Å². The Labute approximate surface area is 118 Å². The summed E-state index contributed by atoms with van der Waals surface area (Å²) in [6.45, 7) is 1.78. The molecular formula is C16H19NO3. The topological polar surface area (TPSA) is 62.5 Å². The maximum atomic E-state index is 12.4. The van der Waals surface area contributed by atoms with Crippen molar-refractivity contribution in [2.24, 2.45) is 0 Å². The molecule has 2 aromatic rings. The highest BCUT2D eigenvalue weighted by molar-refractivity contribution is 5.83. The minimum absolute atomic E-state index is 0.103. The fraction of sp³-hybridized carbons (Fsp3) is 0.312. The number of amides is 1. The van der Waals surface area contributed by atoms with E-state index < -0.39 is 6.04 Å². The Kier molecular flexibility index (Phi) is 4.96. The van der Waals surface area contributed by atoms with Gasteiger partial charge in [0.1, 0.15) is 11.8 Å². The normalized spacial score (nSPS) is 13.7. The molecule has 2 N–H and O–H groups in total. The number of furan rings is 1. The molecule has 0 saturated carbocycles. The molecule has 2 atom stereocenters. The van der Waals surface area contributed by atoms with Gasteiger partial charge in [-0.15, -0.1) is 0 Å². The SMILES string of the molecule is CCC(C(=O)NC(CO)c1ccco1)c1ccccc1. The van der Waals surface area contributed by atoms with Crippen LogP contribution in [0.1, 0.15) is 36.6 Å². The van der Waals surface area contributed by atoms with Gasteiger partial charge in [-0.25, -0.2) is 0 Å². The van der Waals surface area contributed by atoms with Crippen molar-refractivity contribution in [2.45, 2.75) is 25.3 Å². The van der Waals surface area contributed by atoms with Crippen LogP contribution >= 0.6 is 0 Å². The van der Waals surface area contributed by atoms with E-state index in [9.17, 15) is 9.90 Å². The number of hydrogen-bond donors (Lipinski definition) is 2. The molecule has 1 aromatic heterocycles. The number of carbonyl (C=O) groups excluding carboxylic acids is 1. The van der Waals surface area contributed by atoms with E-state index in [-0.39, 0.29) is 18.4 Å². The zero-order valence-electron chi connectivity index (χ0n) is 11.5. The minimum atomic E-state index is -0.504. The molecule has 0 bridgehead atoms. The third kappa shape index (κ3) is 3.27. The molecule has 2 unspecified atom stereocenters. The Hall–Kier alpha value is -2.07. The van der Waals surface area contributed by atoms with Crippen LogP contribution < -0.4 is 5.32 Å². The summed E-state index contributed by atoms with van der Waals surface area (Å²) in [7, 11) is 0. The highest BCUT2D eigenvalue weighted by atomic mass is 16.3. The van der Waals surface area contributed by atoms with Gasteiger partial charge in [-0.1, -0.05) is 37.3 Å². The van der Waals surface area contributed by atoms with Gasteiger partial charge < -0.3 is 14.8 Å². The Morgan fingerprint density at radius 3 is 2.55 bits per heavy atom. The number of aliphatic hydroxyl groups excluding tert-OH is 1. The van der Waals surface area contributed by atoms with Crippen LogP contribution in [-0.4, -0.2) is 17.6 Å². The first-order valence-electron chi connectivity index (χ1n) is 6.75. The lowest BCUT2D eigenvalue weighted by Crippen LogP contribution is -2.34. The molecule has 4 heteroatoms. The second-order valence-corrected chi connectivity index (χ2v) is 4.63. The van der Waals surface area contributed by atoms with Crippen LogP contribution in [0.3, 0.4) is 0 Å². The second-order valence-electron chi connectivity index (χ2n) is 4.63. The van der Waals surface area contributed by atoms with E-state index in [0.717, 1.165) is 5.56 Å². The molecule has 0 spiro atoms. The summed E-state index contributed by atoms with van der Waals surface area (Å²) in [5, 5.41) is 12.2. The van der Waals surface area contributed by atoms with Gasteiger partial charge in [-0.2, -0.15) is 0 Å². The maximum Gasteiger partial charge on any atom is 0.228 e. The Bertz CT molecular complexity index is 522. The van der Waals surface area contributed by atoms with Crippen LogP contribution in [0, 0.1) is 0 Å². The molecule has 0 fully saturated rings. The van der Waals surface area contributed by atoms with Crippen molar-refractivity contribution in [1.29, 1.82) is 0 Å². The van der Waals surface area contributed by atoms with Crippen molar-refractivity contribution in [3.63, 3.8) is 0 Å². The minimum Gasteiger partial charge on any atom is -0.467 e. The highest BCUT2D eigenvalue weighted by Crippen LogP contribution is 2.21. The summed E-state index contributed by atoms with van der Waals surface area (Å²) in [6, 6.07) is 12.6. The quantitative estimate of drug-likeness (QED) is 0.850. The van der Waals surface area contributed by atoms with Crippen molar-refractivity contribution < 1.29 is 14.3 Å². The largest absolute Gasteiger partial charge is 0.467 e. The van der Waals surface area contributed by atoms with Crippen LogP contribution in [0.25, 0.3) is 0 Å². The first-order valence-corrected chi connectivity index (χ1v) is 6.75. The number of nitrogens with one attached hydrogen (secondary N) is 1. The van der Waals surface area contributed by atoms with E-state index >= 15 is 0 Å². The van der Waals surface area contributed by atoms with E-state index in [4.69, 9.17) is 4.42 Å². The van der Waals surface area contributed by atoms with E-state index in [1.54, 1.807) is 12.1 Å². The van der Waals surface area contributed by atoms with Crippen molar-refractivity contribution in [2.75, 3.05) is 6.61 Å². The van der Waals surface area contributed by atoms with Gasteiger partial charge in [0.2, 0.25) is 5.91 Å². The molecule has 1 aromatic carbocycles. The Balaban J connectivity index is 2.09. The molecule has 0 saturated heterocycles. The third-order valence-electron chi connectivity index (χ3n) is 3.31. The number of hydrogen-bond acceptors (Lipinski definition) is 3. The lowest BCUT2D eigenvalue weighted by atomic mass is 9.95. The number of benzene rings is 1. The number of rotatable bonds is 6. The smallest absolute Gasteiger partial charge is 0.228 e. The maximum absolute atomic E-state index is 12.4. The molecular weight excluding hydrogens is 254 g/mol. The van der Waals surface area contributed by atoms with Gasteiger partial charge in [0.05, 0.1) is 18.8 Å². The molecule has 4 nitrogen and oxygen atoms in total. The van der Waals surface area contributed by atoms with Gasteiger partial charge in [0.15, 0.2) is 0 Å². The fourth-order valence-electron chi connectivity index (χ4n) is 2.23. The van der Waals surface area contributed by atoms with E-state index in [0.29, 0.717) is 12.2 Å². The third-order valence-corrected chi connectivity index (χ3v) is 3.31. The average molecular weight is 273 g/mol. The summed E-state index contributed by atoms with van der Waals surface area (Å²) < 4.78 is 5.23. The van der Waals surface area contributed by atoms with Crippen molar-refractivity contribution in [3.8, 4) is 0 Å². The summed E-state index contributed by atoms with van der Waals surface area (Å²) in [5.74, 6) is 0.234. The van der Waals surface area contributed by atoms with Crippen LogP contribution in [-0.2, 0) is 4.79 Å². The predicted molar refractivity (Wildman–Crippen MR) is 76.2 cm³/mol. The van der Waals surface area contributed by atoms with E-state index in [1.165, 1.54) is 6.26 Å². The zero-order chi connectivity index (χ0) is 14.4. The van der Waals surface area contributed by atoms with E-state index in [1.807, 2.05) is 37.3 Å². The zero-order valence-corrected chi connectivity index (χ0v) is 11.5. The number of carbonyl (C=O) groups is 1. The second kappa shape index (κ2) is 6.91. The van der Waals surface area contributed by atoms with Crippen LogP contribution in [0.5, 0.6) is 0 Å². The van der Waals surface area contributed by atoms with Gasteiger partial charge >= 0.3 is 0 Å². The lowest BCUT2D eigenvalue weighted by molar-refractivity contribution is -0.123. The summed E-state index contributed by atoms with van der Waals surface area (Å²) >= 11 is 0. The van der Waals surface area contributed by atoms with Gasteiger partial charge in [-0.05, 0) is 24.1 Å². The van der Waals surface area contributed by atoms with E-state index in [2.05, 4.69) is 5.32 Å². The van der Waals surface area contributed by atoms with Gasteiger partial charge in [-0.3, -0.25) is 4.79 Å². The van der Waals surface area contributed by atoms with Crippen molar-refractivity contribution >= 4 is 5.91 Å². The molecule has 0 aliphatic carbocycles. The van der Waals surface area contributed by atoms with Crippen LogP contribution in [0.15, 0.2) is 53.1 Å². The molecule has 0 aliphatic rings. The summed E-state index contributed by atoms with van der Waals surface area (Å²) in [4.78, 5) is 12.4. The molecule has 1 heterocycles. The van der Waals surface area contributed by atoms with Crippen LogP contribution in [0.4, 0.5) is 0 Å². The Morgan fingerprint density at radius 1 is 1.25 bits per heavy atom. The predicted octanol–water partition coefficient (Wildman–Crippen LogP) is 2.62. The lowest BCUT2D eigenvalue weighted by Gasteiger charge is -2.19. The summed E-state index contributed by atoms with van der Waals surface area (Å²) in [6.07, 6.45) is 2.23. The Morgan fingerprint density at radius 2 is 2.00 bits per heavy atom. The van der Waals surface area contributed by atoms with Crippen molar-refractivity contribution in [1.82, 2.24) is 5.32 Å². The summed E-state index contributed by atoms with van der Waals surface area (Å²) in [5.41, 5.74) is 0.976. The standard InChI is InChI=1S/C16H19NO3/c1-2-13(12-7-4-3-5-8-12)16(19)17-14(11-18)15-9-6-10-20-15/h3-10,13-14,18H,2,11H2,1H3,(H,17,19).